The molecule has 0 bridgehead atoms. The van der Waals surface area contributed by atoms with Gasteiger partial charge in [-0.15, -0.1) is 0 Å². The maximum atomic E-state index is 11.9. The summed E-state index contributed by atoms with van der Waals surface area (Å²) in [6.07, 6.45) is 4.93. The molecule has 2 rings (SSSR count). The summed E-state index contributed by atoms with van der Waals surface area (Å²) < 4.78 is 7.14. The molecule has 6 heteroatoms. The maximum absolute atomic E-state index is 11.9. The van der Waals surface area contributed by atoms with Crippen LogP contribution in [0.1, 0.15) is 32.8 Å². The molecule has 1 atom stereocenters. The Labute approximate surface area is 136 Å². The van der Waals surface area contributed by atoms with Crippen LogP contribution in [0.5, 0.6) is 5.75 Å². The highest BCUT2D eigenvalue weighted by molar-refractivity contribution is 5.75. The van der Waals surface area contributed by atoms with E-state index in [1.807, 2.05) is 32.9 Å². The second-order valence-electron chi connectivity index (χ2n) is 5.91. The first-order valence-electron chi connectivity index (χ1n) is 7.90. The van der Waals surface area contributed by atoms with Crippen molar-refractivity contribution in [3.05, 3.63) is 42.5 Å². The van der Waals surface area contributed by atoms with Gasteiger partial charge in [-0.3, -0.25) is 4.79 Å². The fourth-order valence-corrected chi connectivity index (χ4v) is 2.24. The van der Waals surface area contributed by atoms with Crippen LogP contribution in [-0.4, -0.2) is 32.8 Å². The Bertz CT molecular complexity index is 594. The quantitative estimate of drug-likeness (QED) is 0.810. The van der Waals surface area contributed by atoms with Gasteiger partial charge < -0.3 is 10.1 Å². The highest BCUT2D eigenvalue weighted by Gasteiger charge is 2.08. The fourth-order valence-electron chi connectivity index (χ4n) is 2.24. The van der Waals surface area contributed by atoms with E-state index in [9.17, 15) is 4.79 Å². The van der Waals surface area contributed by atoms with Gasteiger partial charge in [-0.05, 0) is 51.3 Å². The topological polar surface area (TPSA) is 69.0 Å². The molecule has 1 heterocycles. The molecule has 1 amide bonds. The number of rotatable bonds is 8. The monoisotopic (exact) mass is 316 g/mol. The van der Waals surface area contributed by atoms with Crippen LogP contribution < -0.4 is 10.1 Å². The molecular formula is C17H24N4O2. The highest BCUT2D eigenvalue weighted by Crippen LogP contribution is 2.15. The van der Waals surface area contributed by atoms with Gasteiger partial charge in [0.05, 0.1) is 6.10 Å². The molecule has 0 aliphatic carbocycles. The number of aryl methyl sites for hydroxylation is 1. The van der Waals surface area contributed by atoms with E-state index < -0.39 is 0 Å². The molecule has 124 valence electrons. The summed E-state index contributed by atoms with van der Waals surface area (Å²) in [5.41, 5.74) is 1.23. The summed E-state index contributed by atoms with van der Waals surface area (Å²) >= 11 is 0. The van der Waals surface area contributed by atoms with E-state index in [-0.39, 0.29) is 24.6 Å². The third kappa shape index (κ3) is 6.10. The van der Waals surface area contributed by atoms with E-state index in [4.69, 9.17) is 4.74 Å². The molecule has 0 spiro atoms. The Morgan fingerprint density at radius 3 is 2.61 bits per heavy atom. The average Bonchev–Trinajstić information content (AvgIpc) is 2.98. The molecule has 0 aliphatic rings. The van der Waals surface area contributed by atoms with Gasteiger partial charge in [0, 0.05) is 6.04 Å². The molecular weight excluding hydrogens is 292 g/mol. The number of hydrogen-bond donors (Lipinski definition) is 1. The van der Waals surface area contributed by atoms with E-state index in [0.29, 0.717) is 0 Å². The largest absolute Gasteiger partial charge is 0.491 e. The minimum atomic E-state index is -0.0521. The fraction of sp³-hybridized carbons (Fsp3) is 0.471. The summed E-state index contributed by atoms with van der Waals surface area (Å²) in [5, 5.41) is 6.89. The van der Waals surface area contributed by atoms with Crippen molar-refractivity contribution in [3.8, 4) is 5.75 Å². The number of ether oxygens (including phenoxy) is 1. The smallest absolute Gasteiger partial charge is 0.242 e. The molecule has 0 saturated heterocycles. The predicted molar refractivity (Wildman–Crippen MR) is 88.2 cm³/mol. The number of benzene rings is 1. The van der Waals surface area contributed by atoms with Crippen LogP contribution in [-0.2, 0) is 17.8 Å². The van der Waals surface area contributed by atoms with Crippen molar-refractivity contribution >= 4 is 5.91 Å². The lowest BCUT2D eigenvalue weighted by Gasteiger charge is -2.14. The van der Waals surface area contributed by atoms with Crippen LogP contribution in [0.15, 0.2) is 36.9 Å². The first-order valence-corrected chi connectivity index (χ1v) is 7.90. The molecule has 1 aromatic heterocycles. The minimum Gasteiger partial charge on any atom is -0.491 e. The Hall–Kier alpha value is -2.37. The molecule has 1 aromatic carbocycles. The molecule has 1 N–H and O–H groups in total. The highest BCUT2D eigenvalue weighted by atomic mass is 16.5. The Morgan fingerprint density at radius 2 is 2.00 bits per heavy atom. The van der Waals surface area contributed by atoms with Crippen LogP contribution in [0.25, 0.3) is 0 Å². The molecule has 2 aromatic rings. The molecule has 6 nitrogen and oxygen atoms in total. The number of nitrogens with zero attached hydrogens (tertiary/aromatic N) is 3. The van der Waals surface area contributed by atoms with Gasteiger partial charge in [-0.1, -0.05) is 12.1 Å². The number of carbonyl (C=O) groups excluding carboxylic acids is 1. The van der Waals surface area contributed by atoms with Crippen LogP contribution in [0.4, 0.5) is 0 Å². The van der Waals surface area contributed by atoms with Crippen molar-refractivity contribution in [2.75, 3.05) is 0 Å². The van der Waals surface area contributed by atoms with Crippen molar-refractivity contribution in [1.29, 1.82) is 0 Å². The molecule has 0 aliphatic heterocycles. The number of hydrogen-bond acceptors (Lipinski definition) is 4. The maximum Gasteiger partial charge on any atom is 0.242 e. The number of aromatic nitrogens is 3. The van der Waals surface area contributed by atoms with Gasteiger partial charge in [0.1, 0.15) is 24.9 Å². The second-order valence-corrected chi connectivity index (χ2v) is 5.91. The van der Waals surface area contributed by atoms with Crippen LogP contribution in [0.3, 0.4) is 0 Å². The van der Waals surface area contributed by atoms with Gasteiger partial charge in [0.25, 0.3) is 0 Å². The van der Waals surface area contributed by atoms with Crippen LogP contribution >= 0.6 is 0 Å². The zero-order valence-corrected chi connectivity index (χ0v) is 13.9. The van der Waals surface area contributed by atoms with Crippen LogP contribution in [0.2, 0.25) is 0 Å². The molecule has 0 fully saturated rings. The van der Waals surface area contributed by atoms with Crippen LogP contribution in [0, 0.1) is 0 Å². The van der Waals surface area contributed by atoms with Gasteiger partial charge in [0.15, 0.2) is 0 Å². The van der Waals surface area contributed by atoms with E-state index in [2.05, 4.69) is 27.5 Å². The Kier molecular flexibility index (Phi) is 6.14. The van der Waals surface area contributed by atoms with Crippen molar-refractivity contribution in [2.45, 2.75) is 52.3 Å². The lowest BCUT2D eigenvalue weighted by molar-refractivity contribution is -0.122. The summed E-state index contributed by atoms with van der Waals surface area (Å²) in [6.45, 7) is 6.23. The molecule has 0 radical (unpaired) electrons. The number of carbonyl (C=O) groups is 1. The number of amides is 1. The first-order chi connectivity index (χ1) is 11.0. The average molecular weight is 316 g/mol. The molecule has 0 saturated carbocycles. The van der Waals surface area contributed by atoms with Gasteiger partial charge in [-0.2, -0.15) is 5.10 Å². The summed E-state index contributed by atoms with van der Waals surface area (Å²) in [6, 6.07) is 8.23. The second kappa shape index (κ2) is 8.31. The molecule has 23 heavy (non-hydrogen) atoms. The van der Waals surface area contributed by atoms with E-state index in [1.165, 1.54) is 22.9 Å². The minimum absolute atomic E-state index is 0.0521. The van der Waals surface area contributed by atoms with Gasteiger partial charge in [0.2, 0.25) is 5.91 Å². The third-order valence-corrected chi connectivity index (χ3v) is 3.34. The van der Waals surface area contributed by atoms with Crippen molar-refractivity contribution in [1.82, 2.24) is 20.1 Å². The lowest BCUT2D eigenvalue weighted by atomic mass is 10.1. The molecule has 0 unspecified atom stereocenters. The SMILES string of the molecule is CC(C)Oc1ccc(CC[C@H](C)NC(=O)Cn2cncn2)cc1. The van der Waals surface area contributed by atoms with Gasteiger partial charge >= 0.3 is 0 Å². The van der Waals surface area contributed by atoms with Crippen molar-refractivity contribution < 1.29 is 9.53 Å². The van der Waals surface area contributed by atoms with E-state index >= 15 is 0 Å². The standard InChI is InChI=1S/C17H24N4O2/c1-13(2)23-16-8-6-15(7-9-16)5-4-14(3)20-17(22)10-21-12-18-11-19-21/h6-9,11-14H,4-5,10H2,1-3H3,(H,20,22)/t14-/m0/s1. The summed E-state index contributed by atoms with van der Waals surface area (Å²) in [4.78, 5) is 15.7. The Balaban J connectivity index is 1.73. The first kappa shape index (κ1) is 17.0. The van der Waals surface area contributed by atoms with Crippen molar-refractivity contribution in [3.63, 3.8) is 0 Å². The Morgan fingerprint density at radius 1 is 1.26 bits per heavy atom. The predicted octanol–water partition coefficient (Wildman–Crippen LogP) is 2.20. The zero-order valence-electron chi connectivity index (χ0n) is 13.9. The summed E-state index contributed by atoms with van der Waals surface area (Å²) in [5.74, 6) is 0.835. The number of nitrogens with one attached hydrogen (secondary N) is 1. The van der Waals surface area contributed by atoms with Crippen molar-refractivity contribution in [2.24, 2.45) is 0 Å². The summed E-state index contributed by atoms with van der Waals surface area (Å²) in [7, 11) is 0. The lowest BCUT2D eigenvalue weighted by Crippen LogP contribution is -2.35. The van der Waals surface area contributed by atoms with E-state index in [0.717, 1.165) is 18.6 Å². The third-order valence-electron chi connectivity index (χ3n) is 3.34. The van der Waals surface area contributed by atoms with E-state index in [1.54, 1.807) is 0 Å². The zero-order chi connectivity index (χ0) is 16.7. The van der Waals surface area contributed by atoms with Gasteiger partial charge in [-0.25, -0.2) is 9.67 Å². The normalized spacial score (nSPS) is 12.2.